The van der Waals surface area contributed by atoms with Crippen LogP contribution in [0.15, 0.2) is 59.4 Å². The van der Waals surface area contributed by atoms with Crippen molar-refractivity contribution in [1.29, 1.82) is 0 Å². The number of hydrogen-bond donors (Lipinski definition) is 1. The number of rotatable bonds is 4. The number of nitrogens with one attached hydrogen (secondary N) is 1. The van der Waals surface area contributed by atoms with Crippen LogP contribution in [0.5, 0.6) is 0 Å². The van der Waals surface area contributed by atoms with Gasteiger partial charge in [-0.2, -0.15) is 0 Å². The first-order valence-electron chi connectivity index (χ1n) is 8.06. The van der Waals surface area contributed by atoms with E-state index in [1.165, 1.54) is 4.57 Å². The summed E-state index contributed by atoms with van der Waals surface area (Å²) in [5.41, 5.74) is 2.33. The summed E-state index contributed by atoms with van der Waals surface area (Å²) in [4.78, 5) is 25.3. The summed E-state index contributed by atoms with van der Waals surface area (Å²) in [5.74, 6) is -0.236. The van der Waals surface area contributed by atoms with Crippen LogP contribution in [0.25, 0.3) is 10.8 Å². The molecule has 0 aliphatic carbocycles. The molecule has 0 bridgehead atoms. The molecule has 3 rings (SSSR count). The summed E-state index contributed by atoms with van der Waals surface area (Å²) >= 11 is 0. The maximum absolute atomic E-state index is 12.7. The van der Waals surface area contributed by atoms with Gasteiger partial charge in [0.15, 0.2) is 0 Å². The van der Waals surface area contributed by atoms with Crippen molar-refractivity contribution in [3.05, 3.63) is 81.8 Å². The van der Waals surface area contributed by atoms with E-state index in [1.54, 1.807) is 6.07 Å². The van der Waals surface area contributed by atoms with Gasteiger partial charge >= 0.3 is 0 Å². The molecule has 0 spiro atoms. The van der Waals surface area contributed by atoms with Gasteiger partial charge in [0.05, 0.1) is 0 Å². The molecule has 0 aliphatic rings. The highest BCUT2D eigenvalue weighted by molar-refractivity contribution is 5.96. The minimum atomic E-state index is -0.236. The van der Waals surface area contributed by atoms with Gasteiger partial charge in [0.2, 0.25) is 0 Å². The van der Waals surface area contributed by atoms with E-state index in [-0.39, 0.29) is 11.5 Å². The summed E-state index contributed by atoms with van der Waals surface area (Å²) in [7, 11) is 0. The Hall–Kier alpha value is -2.88. The molecule has 0 unspecified atom stereocenters. The minimum absolute atomic E-state index is 0.122. The molecule has 2 aromatic carbocycles. The van der Waals surface area contributed by atoms with Gasteiger partial charge in [-0.3, -0.25) is 9.59 Å². The lowest BCUT2D eigenvalue weighted by Gasteiger charge is -2.13. The average molecular weight is 320 g/mol. The Morgan fingerprint density at radius 3 is 2.54 bits per heavy atom. The van der Waals surface area contributed by atoms with Crippen LogP contribution in [0.4, 0.5) is 0 Å². The van der Waals surface area contributed by atoms with Crippen molar-refractivity contribution in [3.63, 3.8) is 0 Å². The molecule has 4 nitrogen and oxygen atoms in total. The highest BCUT2D eigenvalue weighted by Crippen LogP contribution is 2.14. The third kappa shape index (κ3) is 3.08. The second-order valence-electron chi connectivity index (χ2n) is 5.84. The summed E-state index contributed by atoms with van der Waals surface area (Å²) in [5, 5.41) is 4.34. The van der Waals surface area contributed by atoms with E-state index in [0.717, 1.165) is 16.5 Å². The third-order valence-electron chi connectivity index (χ3n) is 4.11. The van der Waals surface area contributed by atoms with Gasteiger partial charge in [0, 0.05) is 18.5 Å². The monoisotopic (exact) mass is 320 g/mol. The number of carbonyl (C=O) groups excluding carboxylic acids is 1. The molecular weight excluding hydrogens is 300 g/mol. The van der Waals surface area contributed by atoms with Crippen molar-refractivity contribution < 1.29 is 4.79 Å². The maximum Gasteiger partial charge on any atom is 0.268 e. The molecule has 1 heterocycles. The molecule has 1 aromatic heterocycles. The number of nitrogens with zero attached hydrogens (tertiary/aromatic N) is 1. The standard InChI is InChI=1S/C20H20N2O2/c1-3-22-18(19(23)21-13-15-7-5-4-6-8-15)12-16-10-9-14(2)11-17(16)20(22)24/h4-12H,3,13H2,1-2H3,(H,21,23). The summed E-state index contributed by atoms with van der Waals surface area (Å²) < 4.78 is 1.53. The molecule has 0 fully saturated rings. The fourth-order valence-corrected chi connectivity index (χ4v) is 2.83. The van der Waals surface area contributed by atoms with Crippen LogP contribution in [0.1, 0.15) is 28.5 Å². The van der Waals surface area contributed by atoms with Crippen molar-refractivity contribution in [3.8, 4) is 0 Å². The number of carbonyl (C=O) groups is 1. The van der Waals surface area contributed by atoms with Crippen LogP contribution in [-0.2, 0) is 13.1 Å². The van der Waals surface area contributed by atoms with Crippen molar-refractivity contribution in [2.45, 2.75) is 26.9 Å². The Morgan fingerprint density at radius 1 is 1.08 bits per heavy atom. The van der Waals surface area contributed by atoms with E-state index in [2.05, 4.69) is 5.32 Å². The van der Waals surface area contributed by atoms with Crippen LogP contribution in [0.2, 0.25) is 0 Å². The predicted molar refractivity (Wildman–Crippen MR) is 96.2 cm³/mol. The molecule has 0 aliphatic heterocycles. The lowest BCUT2D eigenvalue weighted by molar-refractivity contribution is 0.0940. The van der Waals surface area contributed by atoms with Crippen LogP contribution < -0.4 is 10.9 Å². The SMILES string of the molecule is CCn1c(C(=O)NCc2ccccc2)cc2ccc(C)cc2c1=O. The molecule has 122 valence electrons. The molecule has 0 saturated carbocycles. The number of benzene rings is 2. The quantitative estimate of drug-likeness (QED) is 0.802. The highest BCUT2D eigenvalue weighted by Gasteiger charge is 2.14. The Balaban J connectivity index is 1.97. The van der Waals surface area contributed by atoms with Gasteiger partial charge in [-0.15, -0.1) is 0 Å². The first kappa shape index (κ1) is 16.0. The first-order chi connectivity index (χ1) is 11.6. The molecule has 24 heavy (non-hydrogen) atoms. The highest BCUT2D eigenvalue weighted by atomic mass is 16.2. The van der Waals surface area contributed by atoms with E-state index in [9.17, 15) is 9.59 Å². The number of fused-ring (bicyclic) bond motifs is 1. The maximum atomic E-state index is 12.7. The lowest BCUT2D eigenvalue weighted by atomic mass is 10.1. The molecule has 3 aromatic rings. The Bertz CT molecular complexity index is 943. The van der Waals surface area contributed by atoms with Gasteiger partial charge in [-0.1, -0.05) is 48.0 Å². The molecule has 0 radical (unpaired) electrons. The van der Waals surface area contributed by atoms with Crippen molar-refractivity contribution >= 4 is 16.7 Å². The molecule has 0 saturated heterocycles. The van der Waals surface area contributed by atoms with Crippen LogP contribution in [-0.4, -0.2) is 10.5 Å². The molecular formula is C20H20N2O2. The Morgan fingerprint density at radius 2 is 1.83 bits per heavy atom. The summed E-state index contributed by atoms with van der Waals surface area (Å²) in [6, 6.07) is 17.2. The van der Waals surface area contributed by atoms with E-state index < -0.39 is 0 Å². The molecule has 4 heteroatoms. The molecule has 1 amide bonds. The average Bonchev–Trinajstić information content (AvgIpc) is 2.61. The number of amides is 1. The van der Waals surface area contributed by atoms with E-state index in [1.807, 2.05) is 62.4 Å². The van der Waals surface area contributed by atoms with Gasteiger partial charge in [0.1, 0.15) is 5.69 Å². The Kier molecular flexibility index (Phi) is 4.47. The zero-order valence-corrected chi connectivity index (χ0v) is 13.9. The normalized spacial score (nSPS) is 10.8. The Labute approximate surface area is 140 Å². The fraction of sp³-hybridized carbons (Fsp3) is 0.200. The summed E-state index contributed by atoms with van der Waals surface area (Å²) in [6.07, 6.45) is 0. The third-order valence-corrected chi connectivity index (χ3v) is 4.11. The first-order valence-corrected chi connectivity index (χ1v) is 8.06. The van der Waals surface area contributed by atoms with E-state index in [4.69, 9.17) is 0 Å². The lowest BCUT2D eigenvalue weighted by Crippen LogP contribution is -2.31. The molecule has 1 N–H and O–H groups in total. The number of aromatic nitrogens is 1. The number of pyridine rings is 1. The minimum Gasteiger partial charge on any atom is -0.347 e. The predicted octanol–water partition coefficient (Wildman–Crippen LogP) is 3.26. The number of aryl methyl sites for hydroxylation is 1. The zero-order chi connectivity index (χ0) is 17.1. The smallest absolute Gasteiger partial charge is 0.268 e. The number of hydrogen-bond acceptors (Lipinski definition) is 2. The fourth-order valence-electron chi connectivity index (χ4n) is 2.83. The van der Waals surface area contributed by atoms with Crippen LogP contribution >= 0.6 is 0 Å². The van der Waals surface area contributed by atoms with E-state index in [0.29, 0.717) is 24.2 Å². The van der Waals surface area contributed by atoms with Gasteiger partial charge < -0.3 is 9.88 Å². The van der Waals surface area contributed by atoms with Crippen LogP contribution in [0, 0.1) is 6.92 Å². The largest absolute Gasteiger partial charge is 0.347 e. The van der Waals surface area contributed by atoms with Gasteiger partial charge in [0.25, 0.3) is 11.5 Å². The topological polar surface area (TPSA) is 51.1 Å². The second-order valence-corrected chi connectivity index (χ2v) is 5.84. The van der Waals surface area contributed by atoms with Crippen molar-refractivity contribution in [2.75, 3.05) is 0 Å². The van der Waals surface area contributed by atoms with Crippen molar-refractivity contribution in [2.24, 2.45) is 0 Å². The van der Waals surface area contributed by atoms with Crippen LogP contribution in [0.3, 0.4) is 0 Å². The second kappa shape index (κ2) is 6.71. The molecule has 0 atom stereocenters. The van der Waals surface area contributed by atoms with Crippen molar-refractivity contribution in [1.82, 2.24) is 9.88 Å². The van der Waals surface area contributed by atoms with E-state index >= 15 is 0 Å². The van der Waals surface area contributed by atoms with Gasteiger partial charge in [-0.05, 0) is 36.9 Å². The summed E-state index contributed by atoms with van der Waals surface area (Å²) in [6.45, 7) is 4.72. The zero-order valence-electron chi connectivity index (χ0n) is 13.9. The van der Waals surface area contributed by atoms with Gasteiger partial charge in [-0.25, -0.2) is 0 Å².